The van der Waals surface area contributed by atoms with Crippen LogP contribution in [0.3, 0.4) is 0 Å². The van der Waals surface area contributed by atoms with Gasteiger partial charge in [-0.3, -0.25) is 0 Å². The first-order valence-electron chi connectivity index (χ1n) is 7.74. The highest BCUT2D eigenvalue weighted by molar-refractivity contribution is 5.82. The summed E-state index contributed by atoms with van der Waals surface area (Å²) in [6, 6.07) is 0. The molecule has 1 atom stereocenters. The summed E-state index contributed by atoms with van der Waals surface area (Å²) >= 11 is 0. The second kappa shape index (κ2) is 4.66. The van der Waals surface area contributed by atoms with E-state index < -0.39 is 5.60 Å². The van der Waals surface area contributed by atoms with Crippen molar-refractivity contribution in [2.45, 2.75) is 37.7 Å². The van der Waals surface area contributed by atoms with Crippen molar-refractivity contribution in [1.29, 1.82) is 0 Å². The summed E-state index contributed by atoms with van der Waals surface area (Å²) in [4.78, 5) is 12.9. The first-order chi connectivity index (χ1) is 10.2. The van der Waals surface area contributed by atoms with Crippen LogP contribution in [0.5, 0.6) is 0 Å². The number of aliphatic hydroxyl groups is 1. The van der Waals surface area contributed by atoms with E-state index in [1.807, 2.05) is 11.6 Å². The zero-order chi connectivity index (χ0) is 14.4. The van der Waals surface area contributed by atoms with Crippen LogP contribution < -0.4 is 5.32 Å². The maximum Gasteiger partial charge on any atom is 0.165 e. The number of nitrogens with zero attached hydrogens (tertiary/aromatic N) is 4. The molecule has 3 aliphatic carbocycles. The van der Waals surface area contributed by atoms with E-state index >= 15 is 0 Å². The Morgan fingerprint density at radius 1 is 1.29 bits per heavy atom. The normalized spacial score (nSPS) is 31.7. The van der Waals surface area contributed by atoms with E-state index in [9.17, 15) is 5.11 Å². The molecule has 0 spiro atoms. The summed E-state index contributed by atoms with van der Waals surface area (Å²) in [5.41, 5.74) is 0.988. The van der Waals surface area contributed by atoms with Crippen LogP contribution in [-0.2, 0) is 7.05 Å². The van der Waals surface area contributed by atoms with Gasteiger partial charge in [-0.1, -0.05) is 0 Å². The fraction of sp³-hybridized carbons (Fsp3) is 0.667. The van der Waals surface area contributed by atoms with Gasteiger partial charge in [0, 0.05) is 13.6 Å². The van der Waals surface area contributed by atoms with E-state index in [0.717, 1.165) is 36.2 Å². The van der Waals surface area contributed by atoms with Crippen LogP contribution in [0.1, 0.15) is 32.1 Å². The van der Waals surface area contributed by atoms with Gasteiger partial charge in [-0.05, 0) is 43.9 Å². The second-order valence-corrected chi connectivity index (χ2v) is 6.63. The van der Waals surface area contributed by atoms with E-state index in [1.54, 1.807) is 12.7 Å². The molecule has 0 radical (unpaired) electrons. The van der Waals surface area contributed by atoms with E-state index in [1.165, 1.54) is 12.8 Å². The van der Waals surface area contributed by atoms with E-state index in [-0.39, 0.29) is 0 Å². The van der Waals surface area contributed by atoms with Crippen molar-refractivity contribution in [3.63, 3.8) is 0 Å². The number of hydrogen-bond acceptors (Lipinski definition) is 5. The number of hydrogen-bond donors (Lipinski definition) is 2. The highest BCUT2D eigenvalue weighted by Crippen LogP contribution is 2.47. The first kappa shape index (κ1) is 13.0. The molecule has 6 nitrogen and oxygen atoms in total. The summed E-state index contributed by atoms with van der Waals surface area (Å²) in [5.74, 6) is 1.84. The predicted octanol–water partition coefficient (Wildman–Crippen LogP) is 1.72. The van der Waals surface area contributed by atoms with Crippen molar-refractivity contribution in [1.82, 2.24) is 19.5 Å². The lowest BCUT2D eigenvalue weighted by atomic mass is 9.62. The fourth-order valence-corrected chi connectivity index (χ4v) is 4.10. The Labute approximate surface area is 123 Å². The number of aromatic nitrogens is 4. The first-order valence-corrected chi connectivity index (χ1v) is 7.74. The van der Waals surface area contributed by atoms with Gasteiger partial charge in [0.05, 0.1) is 11.9 Å². The number of nitrogens with one attached hydrogen (secondary N) is 1. The number of imidazole rings is 1. The Morgan fingerprint density at radius 3 is 2.81 bits per heavy atom. The van der Waals surface area contributed by atoms with Gasteiger partial charge in [-0.2, -0.15) is 0 Å². The minimum absolute atomic E-state index is 0.427. The summed E-state index contributed by atoms with van der Waals surface area (Å²) in [6.07, 6.45) is 9.08. The Bertz CT molecular complexity index is 661. The quantitative estimate of drug-likeness (QED) is 0.899. The molecule has 0 amide bonds. The van der Waals surface area contributed by atoms with Crippen LogP contribution >= 0.6 is 0 Å². The summed E-state index contributed by atoms with van der Waals surface area (Å²) in [7, 11) is 1.92. The maximum atomic E-state index is 11.0. The molecule has 2 aromatic heterocycles. The lowest BCUT2D eigenvalue weighted by molar-refractivity contribution is -0.0868. The topological polar surface area (TPSA) is 75.9 Å². The zero-order valence-corrected chi connectivity index (χ0v) is 12.3. The van der Waals surface area contributed by atoms with E-state index in [2.05, 4.69) is 20.3 Å². The molecule has 6 heteroatoms. The Morgan fingerprint density at radius 2 is 2.10 bits per heavy atom. The van der Waals surface area contributed by atoms with Crippen LogP contribution in [0.2, 0.25) is 0 Å². The van der Waals surface area contributed by atoms with Crippen LogP contribution in [0.15, 0.2) is 12.7 Å². The van der Waals surface area contributed by atoms with Crippen LogP contribution in [0, 0.1) is 11.8 Å². The fourth-order valence-electron chi connectivity index (χ4n) is 4.10. The minimum atomic E-state index is -0.590. The molecule has 112 valence electrons. The maximum absolute atomic E-state index is 11.0. The van der Waals surface area contributed by atoms with Gasteiger partial charge in [0.2, 0.25) is 0 Å². The van der Waals surface area contributed by atoms with Crippen LogP contribution in [0.4, 0.5) is 5.82 Å². The molecule has 0 aliphatic heterocycles. The molecule has 3 saturated carbocycles. The average Bonchev–Trinajstić information content (AvgIpc) is 2.88. The standard InChI is InChI=1S/C15H21N5O/c1-20-9-19-12-13(17-8-18-14(12)20)16-7-15(21)6-10-2-4-11(15)5-3-10/h8-11,21H,2-7H2,1H3,(H,16,17,18). The number of anilines is 1. The van der Waals surface area contributed by atoms with Crippen molar-refractivity contribution in [3.05, 3.63) is 12.7 Å². The smallest absolute Gasteiger partial charge is 0.165 e. The number of rotatable bonds is 3. The molecule has 1 unspecified atom stereocenters. The minimum Gasteiger partial charge on any atom is -0.388 e. The number of aryl methyl sites for hydroxylation is 1. The lowest BCUT2D eigenvalue weighted by Crippen LogP contribution is -2.51. The van der Waals surface area contributed by atoms with Gasteiger partial charge in [-0.15, -0.1) is 0 Å². The van der Waals surface area contributed by atoms with Crippen LogP contribution in [0.25, 0.3) is 11.2 Å². The molecule has 0 aromatic carbocycles. The Balaban J connectivity index is 1.56. The average molecular weight is 287 g/mol. The van der Waals surface area contributed by atoms with Crippen molar-refractivity contribution < 1.29 is 5.11 Å². The lowest BCUT2D eigenvalue weighted by Gasteiger charge is -2.48. The predicted molar refractivity (Wildman–Crippen MR) is 79.8 cm³/mol. The van der Waals surface area contributed by atoms with Crippen molar-refractivity contribution >= 4 is 17.0 Å². The molecule has 0 saturated heterocycles. The molecule has 2 bridgehead atoms. The van der Waals surface area contributed by atoms with Gasteiger partial charge >= 0.3 is 0 Å². The second-order valence-electron chi connectivity index (χ2n) is 6.63. The van der Waals surface area contributed by atoms with Crippen molar-refractivity contribution in [3.8, 4) is 0 Å². The highest BCUT2D eigenvalue weighted by atomic mass is 16.3. The van der Waals surface area contributed by atoms with Gasteiger partial charge < -0.3 is 15.0 Å². The SMILES string of the molecule is Cn1cnc2c(NCC3(O)CC4CCC3CC4)ncnc21. The molecule has 21 heavy (non-hydrogen) atoms. The van der Waals surface area contributed by atoms with Gasteiger partial charge in [0.1, 0.15) is 11.8 Å². The van der Waals surface area contributed by atoms with Gasteiger partial charge in [0.25, 0.3) is 0 Å². The van der Waals surface area contributed by atoms with Gasteiger partial charge in [-0.25, -0.2) is 15.0 Å². The van der Waals surface area contributed by atoms with Crippen molar-refractivity contribution in [2.75, 3.05) is 11.9 Å². The summed E-state index contributed by atoms with van der Waals surface area (Å²) in [6.45, 7) is 0.552. The van der Waals surface area contributed by atoms with Crippen molar-refractivity contribution in [2.24, 2.45) is 18.9 Å². The van der Waals surface area contributed by atoms with E-state index in [4.69, 9.17) is 0 Å². The summed E-state index contributed by atoms with van der Waals surface area (Å²) in [5, 5.41) is 14.3. The summed E-state index contributed by atoms with van der Waals surface area (Å²) < 4.78 is 1.87. The third-order valence-electron chi connectivity index (χ3n) is 5.31. The molecule has 3 fully saturated rings. The zero-order valence-electron chi connectivity index (χ0n) is 12.3. The molecular weight excluding hydrogens is 266 g/mol. The highest BCUT2D eigenvalue weighted by Gasteiger charge is 2.45. The third-order valence-corrected chi connectivity index (χ3v) is 5.31. The van der Waals surface area contributed by atoms with Gasteiger partial charge in [0.15, 0.2) is 11.5 Å². The third kappa shape index (κ3) is 2.09. The van der Waals surface area contributed by atoms with E-state index in [0.29, 0.717) is 18.4 Å². The molecule has 2 aromatic rings. The molecule has 3 aliphatic rings. The molecule has 2 N–H and O–H groups in total. The number of fused-ring (bicyclic) bond motifs is 4. The molecule has 5 rings (SSSR count). The molecular formula is C15H21N5O. The molecule has 2 heterocycles. The van der Waals surface area contributed by atoms with Crippen LogP contribution in [-0.4, -0.2) is 36.8 Å². The Hall–Kier alpha value is -1.69. The largest absolute Gasteiger partial charge is 0.388 e. The monoisotopic (exact) mass is 287 g/mol. The Kier molecular flexibility index (Phi) is 2.89.